The number of rotatable bonds is 3. The van der Waals surface area contributed by atoms with Crippen molar-refractivity contribution in [2.75, 3.05) is 5.32 Å². The fourth-order valence-electron chi connectivity index (χ4n) is 2.22. The maximum absolute atomic E-state index is 11.4. The normalized spacial score (nSPS) is 13.6. The fourth-order valence-corrected chi connectivity index (χ4v) is 2.62. The van der Waals surface area contributed by atoms with Gasteiger partial charge in [0.2, 0.25) is 5.91 Å². The molecule has 0 bridgehead atoms. The summed E-state index contributed by atoms with van der Waals surface area (Å²) in [4.78, 5) is 11.4. The van der Waals surface area contributed by atoms with Gasteiger partial charge in [-0.15, -0.1) is 0 Å². The summed E-state index contributed by atoms with van der Waals surface area (Å²) in [7, 11) is 0. The zero-order chi connectivity index (χ0) is 13.9. The van der Waals surface area contributed by atoms with Crippen LogP contribution in [0.15, 0.2) is 46.9 Å². The molecule has 0 aromatic heterocycles. The van der Waals surface area contributed by atoms with Crippen molar-refractivity contribution in [3.05, 3.63) is 58.1 Å². The Balaban J connectivity index is 1.74. The van der Waals surface area contributed by atoms with Crippen molar-refractivity contribution in [1.82, 2.24) is 0 Å². The van der Waals surface area contributed by atoms with E-state index in [9.17, 15) is 4.79 Å². The van der Waals surface area contributed by atoms with E-state index >= 15 is 0 Å². The van der Waals surface area contributed by atoms with Gasteiger partial charge in [0.15, 0.2) is 0 Å². The molecular weight excluding hydrogens is 318 g/mol. The maximum Gasteiger partial charge on any atom is 0.224 e. The average Bonchev–Trinajstić information content (AvgIpc) is 2.46. The van der Waals surface area contributed by atoms with Crippen molar-refractivity contribution in [3.63, 3.8) is 0 Å². The summed E-state index contributed by atoms with van der Waals surface area (Å²) >= 11 is 3.50. The van der Waals surface area contributed by atoms with Gasteiger partial charge in [-0.05, 0) is 24.1 Å². The quantitative estimate of drug-likeness (QED) is 0.925. The molecule has 0 radical (unpaired) electrons. The molecule has 1 amide bonds. The molecule has 1 aliphatic rings. The Morgan fingerprint density at radius 1 is 1.15 bits per heavy atom. The van der Waals surface area contributed by atoms with Gasteiger partial charge < -0.3 is 10.1 Å². The lowest BCUT2D eigenvalue weighted by Gasteiger charge is -2.17. The van der Waals surface area contributed by atoms with Crippen LogP contribution in [0.2, 0.25) is 0 Å². The van der Waals surface area contributed by atoms with E-state index in [0.717, 1.165) is 33.5 Å². The van der Waals surface area contributed by atoms with E-state index in [0.29, 0.717) is 13.0 Å². The zero-order valence-corrected chi connectivity index (χ0v) is 12.4. The molecule has 2 aromatic carbocycles. The highest BCUT2D eigenvalue weighted by molar-refractivity contribution is 9.10. The molecule has 102 valence electrons. The zero-order valence-electron chi connectivity index (χ0n) is 10.9. The first kappa shape index (κ1) is 13.2. The number of nitrogens with one attached hydrogen (secondary N) is 1. The van der Waals surface area contributed by atoms with E-state index in [1.54, 1.807) is 0 Å². The molecular formula is C16H14BrNO2. The highest BCUT2D eigenvalue weighted by atomic mass is 79.9. The molecule has 1 heterocycles. The molecule has 4 heteroatoms. The fraction of sp³-hybridized carbons (Fsp3) is 0.188. The van der Waals surface area contributed by atoms with Crippen LogP contribution in [0.1, 0.15) is 17.5 Å². The smallest absolute Gasteiger partial charge is 0.224 e. The largest absolute Gasteiger partial charge is 0.489 e. The van der Waals surface area contributed by atoms with Crippen LogP contribution < -0.4 is 10.1 Å². The summed E-state index contributed by atoms with van der Waals surface area (Å²) in [5.41, 5.74) is 3.12. The van der Waals surface area contributed by atoms with Gasteiger partial charge in [-0.3, -0.25) is 4.79 Å². The maximum atomic E-state index is 11.4. The molecule has 0 spiro atoms. The van der Waals surface area contributed by atoms with Gasteiger partial charge in [0.05, 0.1) is 0 Å². The lowest BCUT2D eigenvalue weighted by molar-refractivity contribution is -0.116. The number of hydrogen-bond donors (Lipinski definition) is 1. The van der Waals surface area contributed by atoms with E-state index in [2.05, 4.69) is 21.2 Å². The van der Waals surface area contributed by atoms with Gasteiger partial charge in [-0.25, -0.2) is 0 Å². The highest BCUT2D eigenvalue weighted by Crippen LogP contribution is 2.28. The van der Waals surface area contributed by atoms with Crippen LogP contribution in [0, 0.1) is 0 Å². The van der Waals surface area contributed by atoms with Crippen LogP contribution >= 0.6 is 15.9 Å². The third kappa shape index (κ3) is 2.85. The molecule has 1 N–H and O–H groups in total. The summed E-state index contributed by atoms with van der Waals surface area (Å²) < 4.78 is 6.83. The topological polar surface area (TPSA) is 38.3 Å². The number of hydrogen-bond acceptors (Lipinski definition) is 2. The van der Waals surface area contributed by atoms with Crippen molar-refractivity contribution >= 4 is 27.5 Å². The molecule has 0 saturated carbocycles. The number of ether oxygens (including phenoxy) is 1. The molecule has 2 aromatic rings. The number of amides is 1. The molecule has 3 rings (SSSR count). The standard InChI is InChI=1S/C16H14BrNO2/c17-14-4-2-1-3-12(14)10-20-13-7-5-11-6-8-16(19)18-15(11)9-13/h1-5,7,9H,6,8,10H2,(H,18,19). The SMILES string of the molecule is O=C1CCc2ccc(OCc3ccccc3Br)cc2N1. The first-order valence-corrected chi connectivity index (χ1v) is 7.30. The van der Waals surface area contributed by atoms with Gasteiger partial charge in [-0.2, -0.15) is 0 Å². The summed E-state index contributed by atoms with van der Waals surface area (Å²) in [6.07, 6.45) is 1.36. The first-order chi connectivity index (χ1) is 9.72. The van der Waals surface area contributed by atoms with E-state index in [-0.39, 0.29) is 5.91 Å². The third-order valence-electron chi connectivity index (χ3n) is 3.33. The Bertz CT molecular complexity index is 655. The number of benzene rings is 2. The number of carbonyl (C=O) groups excluding carboxylic acids is 1. The molecule has 0 atom stereocenters. The van der Waals surface area contributed by atoms with Gasteiger partial charge >= 0.3 is 0 Å². The van der Waals surface area contributed by atoms with E-state index in [1.165, 1.54) is 0 Å². The highest BCUT2D eigenvalue weighted by Gasteiger charge is 2.15. The molecule has 0 fully saturated rings. The second-order valence-corrected chi connectivity index (χ2v) is 5.60. The Hall–Kier alpha value is -1.81. The Morgan fingerprint density at radius 3 is 2.85 bits per heavy atom. The van der Waals surface area contributed by atoms with Crippen LogP contribution in [0.3, 0.4) is 0 Å². The number of aryl methyl sites for hydroxylation is 1. The van der Waals surface area contributed by atoms with Crippen molar-refractivity contribution in [2.24, 2.45) is 0 Å². The van der Waals surface area contributed by atoms with Gasteiger partial charge in [0.1, 0.15) is 12.4 Å². The second-order valence-electron chi connectivity index (χ2n) is 4.75. The summed E-state index contributed by atoms with van der Waals surface area (Å²) in [5, 5.41) is 2.88. The molecule has 1 aliphatic heterocycles. The summed E-state index contributed by atoms with van der Waals surface area (Å²) in [6, 6.07) is 13.8. The minimum Gasteiger partial charge on any atom is -0.489 e. The molecule has 0 saturated heterocycles. The van der Waals surface area contributed by atoms with Crippen LogP contribution in [-0.2, 0) is 17.8 Å². The number of halogens is 1. The Labute approximate surface area is 126 Å². The van der Waals surface area contributed by atoms with Crippen LogP contribution in [0.25, 0.3) is 0 Å². The van der Waals surface area contributed by atoms with Crippen molar-refractivity contribution in [2.45, 2.75) is 19.4 Å². The van der Waals surface area contributed by atoms with Crippen LogP contribution in [-0.4, -0.2) is 5.91 Å². The number of fused-ring (bicyclic) bond motifs is 1. The summed E-state index contributed by atoms with van der Waals surface area (Å²) in [5.74, 6) is 0.835. The first-order valence-electron chi connectivity index (χ1n) is 6.51. The molecule has 0 unspecified atom stereocenters. The minimum atomic E-state index is 0.0699. The van der Waals surface area contributed by atoms with Gasteiger partial charge in [0, 0.05) is 28.2 Å². The van der Waals surface area contributed by atoms with Gasteiger partial charge in [-0.1, -0.05) is 40.2 Å². The Kier molecular flexibility index (Phi) is 3.74. The van der Waals surface area contributed by atoms with Crippen molar-refractivity contribution in [3.8, 4) is 5.75 Å². The molecule has 3 nitrogen and oxygen atoms in total. The predicted molar refractivity (Wildman–Crippen MR) is 81.9 cm³/mol. The lowest BCUT2D eigenvalue weighted by Crippen LogP contribution is -2.18. The molecule has 0 aliphatic carbocycles. The van der Waals surface area contributed by atoms with Crippen molar-refractivity contribution < 1.29 is 9.53 Å². The Morgan fingerprint density at radius 2 is 2.00 bits per heavy atom. The number of carbonyl (C=O) groups is 1. The van der Waals surface area contributed by atoms with E-state index in [4.69, 9.17) is 4.74 Å². The van der Waals surface area contributed by atoms with E-state index < -0.39 is 0 Å². The van der Waals surface area contributed by atoms with E-state index in [1.807, 2.05) is 42.5 Å². The third-order valence-corrected chi connectivity index (χ3v) is 4.10. The van der Waals surface area contributed by atoms with Crippen molar-refractivity contribution in [1.29, 1.82) is 0 Å². The number of anilines is 1. The second kappa shape index (κ2) is 5.67. The molecule has 20 heavy (non-hydrogen) atoms. The monoisotopic (exact) mass is 331 g/mol. The summed E-state index contributed by atoms with van der Waals surface area (Å²) in [6.45, 7) is 0.494. The van der Waals surface area contributed by atoms with Crippen LogP contribution in [0.4, 0.5) is 5.69 Å². The van der Waals surface area contributed by atoms with Crippen LogP contribution in [0.5, 0.6) is 5.75 Å². The van der Waals surface area contributed by atoms with Gasteiger partial charge in [0.25, 0.3) is 0 Å². The average molecular weight is 332 g/mol. The predicted octanol–water partition coefficient (Wildman–Crippen LogP) is 3.91. The lowest BCUT2D eigenvalue weighted by atomic mass is 10.0. The minimum absolute atomic E-state index is 0.0699.